The molecule has 2 nitrogen and oxygen atoms in total. The molecule has 0 amide bonds. The van der Waals surface area contributed by atoms with Crippen LogP contribution in [0.4, 0.5) is 4.39 Å². The Balaban J connectivity index is 2.50. The van der Waals surface area contributed by atoms with Crippen molar-refractivity contribution in [1.82, 2.24) is 0 Å². The Morgan fingerprint density at radius 3 is 2.77 bits per heavy atom. The highest BCUT2D eigenvalue weighted by Gasteiger charge is 2.03. The van der Waals surface area contributed by atoms with Crippen LogP contribution in [0.5, 0.6) is 5.75 Å². The third kappa shape index (κ3) is 3.03. The molecule has 3 heteroatoms. The van der Waals surface area contributed by atoms with Crippen molar-refractivity contribution in [2.45, 2.75) is 6.92 Å². The number of halogens is 1. The molecular formula is C10H14FNO. The van der Waals surface area contributed by atoms with Crippen LogP contribution < -0.4 is 10.5 Å². The van der Waals surface area contributed by atoms with Crippen LogP contribution in [0.3, 0.4) is 0 Å². The second-order valence-electron chi connectivity index (χ2n) is 3.08. The molecule has 0 bridgehead atoms. The third-order valence-electron chi connectivity index (χ3n) is 1.76. The van der Waals surface area contributed by atoms with E-state index >= 15 is 0 Å². The van der Waals surface area contributed by atoms with E-state index in [1.54, 1.807) is 18.2 Å². The molecule has 0 aliphatic heterocycles. The minimum Gasteiger partial charge on any atom is -0.490 e. The van der Waals surface area contributed by atoms with Gasteiger partial charge in [-0.25, -0.2) is 4.39 Å². The van der Waals surface area contributed by atoms with Crippen LogP contribution in [0.2, 0.25) is 0 Å². The molecule has 0 heterocycles. The van der Waals surface area contributed by atoms with Gasteiger partial charge < -0.3 is 10.5 Å². The van der Waals surface area contributed by atoms with Gasteiger partial charge in [-0.1, -0.05) is 19.1 Å². The summed E-state index contributed by atoms with van der Waals surface area (Å²) in [5.41, 5.74) is 5.40. The van der Waals surface area contributed by atoms with Gasteiger partial charge in [-0.15, -0.1) is 0 Å². The van der Waals surface area contributed by atoms with Crippen LogP contribution in [-0.2, 0) is 0 Å². The molecule has 13 heavy (non-hydrogen) atoms. The maximum atomic E-state index is 13.0. The standard InChI is InChI=1S/C10H14FNO/c1-8(6-12)7-13-10-5-3-2-4-9(10)11/h2-5,8H,6-7,12H2,1H3. The van der Waals surface area contributed by atoms with Gasteiger partial charge in [0.15, 0.2) is 11.6 Å². The second-order valence-corrected chi connectivity index (χ2v) is 3.08. The summed E-state index contributed by atoms with van der Waals surface area (Å²) in [6.45, 7) is 2.97. The van der Waals surface area contributed by atoms with Gasteiger partial charge in [0.1, 0.15) is 0 Å². The summed E-state index contributed by atoms with van der Waals surface area (Å²) in [7, 11) is 0. The minimum absolute atomic E-state index is 0.250. The first-order valence-electron chi connectivity index (χ1n) is 4.31. The number of benzene rings is 1. The maximum Gasteiger partial charge on any atom is 0.165 e. The molecule has 0 saturated carbocycles. The molecule has 1 atom stereocenters. The van der Waals surface area contributed by atoms with Crippen LogP contribution in [-0.4, -0.2) is 13.2 Å². The van der Waals surface area contributed by atoms with E-state index in [1.165, 1.54) is 6.07 Å². The predicted octanol–water partition coefficient (Wildman–Crippen LogP) is 1.80. The van der Waals surface area contributed by atoms with E-state index in [2.05, 4.69) is 0 Å². The van der Waals surface area contributed by atoms with Crippen molar-refractivity contribution in [3.05, 3.63) is 30.1 Å². The van der Waals surface area contributed by atoms with Crippen LogP contribution in [0, 0.1) is 11.7 Å². The molecule has 1 aromatic rings. The number of hydrogen-bond donors (Lipinski definition) is 1. The lowest BCUT2D eigenvalue weighted by Crippen LogP contribution is -2.18. The Labute approximate surface area is 77.5 Å². The fourth-order valence-corrected chi connectivity index (χ4v) is 0.862. The summed E-state index contributed by atoms with van der Waals surface area (Å²) in [6, 6.07) is 6.36. The van der Waals surface area contributed by atoms with Crippen molar-refractivity contribution in [2.24, 2.45) is 11.7 Å². The first-order valence-corrected chi connectivity index (χ1v) is 4.31. The summed E-state index contributed by atoms with van der Waals surface area (Å²) in [6.07, 6.45) is 0. The van der Waals surface area contributed by atoms with Crippen LogP contribution in [0.15, 0.2) is 24.3 Å². The zero-order valence-corrected chi connectivity index (χ0v) is 7.66. The highest BCUT2D eigenvalue weighted by Crippen LogP contribution is 2.15. The van der Waals surface area contributed by atoms with Gasteiger partial charge in [0.25, 0.3) is 0 Å². The van der Waals surface area contributed by atoms with Gasteiger partial charge in [-0.2, -0.15) is 0 Å². The number of para-hydroxylation sites is 1. The molecule has 0 fully saturated rings. The van der Waals surface area contributed by atoms with E-state index in [-0.39, 0.29) is 11.7 Å². The summed E-state index contributed by atoms with van der Waals surface area (Å²) in [5.74, 6) is 0.217. The molecule has 1 rings (SSSR count). The molecule has 0 aliphatic carbocycles. The van der Waals surface area contributed by atoms with Gasteiger partial charge in [0.05, 0.1) is 6.61 Å². The number of ether oxygens (including phenoxy) is 1. The van der Waals surface area contributed by atoms with E-state index in [1.807, 2.05) is 6.92 Å². The zero-order chi connectivity index (χ0) is 9.68. The topological polar surface area (TPSA) is 35.2 Å². The van der Waals surface area contributed by atoms with Crippen LogP contribution >= 0.6 is 0 Å². The quantitative estimate of drug-likeness (QED) is 0.772. The van der Waals surface area contributed by atoms with Crippen molar-refractivity contribution in [3.8, 4) is 5.75 Å². The van der Waals surface area contributed by atoms with E-state index in [9.17, 15) is 4.39 Å². The molecule has 1 unspecified atom stereocenters. The lowest BCUT2D eigenvalue weighted by molar-refractivity contribution is 0.253. The highest BCUT2D eigenvalue weighted by atomic mass is 19.1. The smallest absolute Gasteiger partial charge is 0.165 e. The number of rotatable bonds is 4. The summed E-state index contributed by atoms with van der Waals surface area (Å²) >= 11 is 0. The van der Waals surface area contributed by atoms with Crippen molar-refractivity contribution >= 4 is 0 Å². The Kier molecular flexibility index (Phi) is 3.71. The van der Waals surface area contributed by atoms with Crippen molar-refractivity contribution in [2.75, 3.05) is 13.2 Å². The van der Waals surface area contributed by atoms with Gasteiger partial charge >= 0.3 is 0 Å². The Bertz CT molecular complexity index is 265. The molecule has 0 saturated heterocycles. The van der Waals surface area contributed by atoms with Crippen LogP contribution in [0.1, 0.15) is 6.92 Å². The average molecular weight is 183 g/mol. The molecule has 72 valence electrons. The molecule has 1 aromatic carbocycles. The number of nitrogens with two attached hydrogens (primary N) is 1. The summed E-state index contributed by atoms with van der Waals surface area (Å²) < 4.78 is 18.2. The second kappa shape index (κ2) is 4.82. The SMILES string of the molecule is CC(CN)COc1ccccc1F. The highest BCUT2D eigenvalue weighted by molar-refractivity contribution is 5.23. The molecule has 0 aliphatic rings. The monoisotopic (exact) mass is 183 g/mol. The minimum atomic E-state index is -0.327. The Morgan fingerprint density at radius 2 is 2.15 bits per heavy atom. The predicted molar refractivity (Wildman–Crippen MR) is 50.1 cm³/mol. The third-order valence-corrected chi connectivity index (χ3v) is 1.76. The fourth-order valence-electron chi connectivity index (χ4n) is 0.862. The van der Waals surface area contributed by atoms with E-state index in [4.69, 9.17) is 10.5 Å². The zero-order valence-electron chi connectivity index (χ0n) is 7.66. The van der Waals surface area contributed by atoms with Crippen molar-refractivity contribution in [1.29, 1.82) is 0 Å². The van der Waals surface area contributed by atoms with E-state index in [0.29, 0.717) is 18.9 Å². The van der Waals surface area contributed by atoms with Gasteiger partial charge in [0, 0.05) is 5.92 Å². The first-order chi connectivity index (χ1) is 6.24. The molecule has 0 radical (unpaired) electrons. The lowest BCUT2D eigenvalue weighted by Gasteiger charge is -2.10. The molecule has 0 aromatic heterocycles. The summed E-state index contributed by atoms with van der Waals surface area (Å²) in [4.78, 5) is 0. The van der Waals surface area contributed by atoms with Gasteiger partial charge in [0.2, 0.25) is 0 Å². The summed E-state index contributed by atoms with van der Waals surface area (Å²) in [5, 5.41) is 0. The fraction of sp³-hybridized carbons (Fsp3) is 0.400. The Hall–Kier alpha value is -1.09. The number of hydrogen-bond acceptors (Lipinski definition) is 2. The Morgan fingerprint density at radius 1 is 1.46 bits per heavy atom. The van der Waals surface area contributed by atoms with Gasteiger partial charge in [-0.05, 0) is 18.7 Å². The normalized spacial score (nSPS) is 12.5. The maximum absolute atomic E-state index is 13.0. The van der Waals surface area contributed by atoms with Crippen LogP contribution in [0.25, 0.3) is 0 Å². The lowest BCUT2D eigenvalue weighted by atomic mass is 10.2. The molecule has 0 spiro atoms. The van der Waals surface area contributed by atoms with Gasteiger partial charge in [-0.3, -0.25) is 0 Å². The molecular weight excluding hydrogens is 169 g/mol. The van der Waals surface area contributed by atoms with E-state index in [0.717, 1.165) is 0 Å². The van der Waals surface area contributed by atoms with Crippen molar-refractivity contribution < 1.29 is 9.13 Å². The average Bonchev–Trinajstić information content (AvgIpc) is 2.16. The first kappa shape index (κ1) is 9.99. The van der Waals surface area contributed by atoms with E-state index < -0.39 is 0 Å². The largest absolute Gasteiger partial charge is 0.490 e. The molecule has 2 N–H and O–H groups in total. The van der Waals surface area contributed by atoms with Crippen molar-refractivity contribution in [3.63, 3.8) is 0 Å².